The largest absolute Gasteiger partial charge is 0.358 e. The van der Waals surface area contributed by atoms with Crippen LogP contribution in [-0.4, -0.2) is 75.8 Å². The van der Waals surface area contributed by atoms with Crippen molar-refractivity contribution in [2.24, 2.45) is 5.92 Å². The molecule has 2 saturated heterocycles. The molecule has 0 saturated carbocycles. The molecular weight excluding hydrogens is 416 g/mol. The van der Waals surface area contributed by atoms with Crippen molar-refractivity contribution in [1.82, 2.24) is 9.21 Å². The Morgan fingerprint density at radius 2 is 1.77 bits per heavy atom. The molecule has 2 fully saturated rings. The maximum absolute atomic E-state index is 13.4. The molecule has 8 nitrogen and oxygen atoms in total. The van der Waals surface area contributed by atoms with Crippen molar-refractivity contribution < 1.29 is 18.0 Å². The van der Waals surface area contributed by atoms with Crippen molar-refractivity contribution in [2.75, 3.05) is 50.1 Å². The topological polar surface area (TPSA) is 81.2 Å². The third-order valence-electron chi connectivity index (χ3n) is 6.81. The highest BCUT2D eigenvalue weighted by molar-refractivity contribution is 7.89. The maximum Gasteiger partial charge on any atom is 0.250 e. The Labute approximate surface area is 184 Å². The number of nitrogens with zero attached hydrogens (tertiary/aromatic N) is 4. The lowest BCUT2D eigenvalue weighted by molar-refractivity contribution is -0.133. The highest BCUT2D eigenvalue weighted by Gasteiger charge is 2.41. The number of rotatable bonds is 4. The smallest absolute Gasteiger partial charge is 0.250 e. The van der Waals surface area contributed by atoms with Crippen LogP contribution in [0.3, 0.4) is 0 Å². The molecule has 1 aromatic rings. The number of carbonyl (C=O) groups excluding carboxylic acids is 2. The van der Waals surface area contributed by atoms with Gasteiger partial charge >= 0.3 is 0 Å². The number of amides is 2. The van der Waals surface area contributed by atoms with E-state index in [4.69, 9.17) is 0 Å². The first-order chi connectivity index (χ1) is 14.7. The van der Waals surface area contributed by atoms with Crippen LogP contribution >= 0.6 is 0 Å². The first-order valence-corrected chi connectivity index (χ1v) is 12.6. The van der Waals surface area contributed by atoms with Crippen LogP contribution in [0.4, 0.5) is 11.4 Å². The van der Waals surface area contributed by atoms with E-state index in [2.05, 4.69) is 11.8 Å². The van der Waals surface area contributed by atoms with Crippen molar-refractivity contribution in [2.45, 2.75) is 50.0 Å². The molecule has 1 atom stereocenters. The molecule has 0 radical (unpaired) electrons. The zero-order valence-electron chi connectivity index (χ0n) is 18.6. The highest BCUT2D eigenvalue weighted by atomic mass is 32.2. The van der Waals surface area contributed by atoms with Gasteiger partial charge in [0.25, 0.3) is 0 Å². The van der Waals surface area contributed by atoms with Crippen molar-refractivity contribution >= 4 is 33.2 Å². The van der Waals surface area contributed by atoms with Gasteiger partial charge in [0.05, 0.1) is 16.3 Å². The van der Waals surface area contributed by atoms with Crippen LogP contribution in [-0.2, 0) is 19.6 Å². The minimum absolute atomic E-state index is 0.0456. The summed E-state index contributed by atoms with van der Waals surface area (Å²) in [5, 5.41) is 0. The van der Waals surface area contributed by atoms with E-state index in [0.717, 1.165) is 48.6 Å². The fraction of sp³-hybridized carbons (Fsp3) is 0.636. The Morgan fingerprint density at radius 1 is 1.06 bits per heavy atom. The lowest BCUT2D eigenvalue weighted by Gasteiger charge is -2.45. The summed E-state index contributed by atoms with van der Waals surface area (Å²) in [6.45, 7) is 4.32. The molecule has 0 bridgehead atoms. The number of hydrogen-bond acceptors (Lipinski definition) is 5. The van der Waals surface area contributed by atoms with Crippen LogP contribution in [0.5, 0.6) is 0 Å². The predicted molar refractivity (Wildman–Crippen MR) is 120 cm³/mol. The Hall–Kier alpha value is -2.13. The van der Waals surface area contributed by atoms with Gasteiger partial charge in [0.15, 0.2) is 0 Å². The fourth-order valence-electron chi connectivity index (χ4n) is 4.77. The zero-order chi connectivity index (χ0) is 22.3. The third kappa shape index (κ3) is 4.05. The van der Waals surface area contributed by atoms with Crippen LogP contribution in [0, 0.1) is 5.92 Å². The van der Waals surface area contributed by atoms with Gasteiger partial charge in [-0.1, -0.05) is 6.92 Å². The molecule has 0 unspecified atom stereocenters. The minimum Gasteiger partial charge on any atom is -0.358 e. The maximum atomic E-state index is 13.4. The van der Waals surface area contributed by atoms with E-state index < -0.39 is 10.0 Å². The molecule has 3 aliphatic rings. The molecule has 0 aromatic heterocycles. The quantitative estimate of drug-likeness (QED) is 0.703. The predicted octanol–water partition coefficient (Wildman–Crippen LogP) is 1.90. The summed E-state index contributed by atoms with van der Waals surface area (Å²) in [7, 11) is -0.683. The Balaban J connectivity index is 1.70. The SMILES string of the molecule is CC1CCN(C(=O)CN2C(=O)[C@@H]3CCCCN3c3ccc(S(=O)(=O)N(C)C)cc32)CC1. The molecule has 31 heavy (non-hydrogen) atoms. The monoisotopic (exact) mass is 448 g/mol. The Morgan fingerprint density at radius 3 is 2.45 bits per heavy atom. The van der Waals surface area contributed by atoms with Gasteiger partial charge in [0.2, 0.25) is 21.8 Å². The molecule has 2 amide bonds. The van der Waals surface area contributed by atoms with Crippen molar-refractivity contribution in [3.8, 4) is 0 Å². The average molecular weight is 449 g/mol. The lowest BCUT2D eigenvalue weighted by atomic mass is 9.96. The summed E-state index contributed by atoms with van der Waals surface area (Å²) in [5.41, 5.74) is 1.35. The summed E-state index contributed by atoms with van der Waals surface area (Å²) >= 11 is 0. The molecule has 3 aliphatic heterocycles. The number of anilines is 2. The van der Waals surface area contributed by atoms with Crippen molar-refractivity contribution in [3.05, 3.63) is 18.2 Å². The standard InChI is InChI=1S/C22H32N4O4S/c1-16-9-12-24(13-10-16)21(27)15-26-20-14-17(31(29,30)23(2)3)7-8-18(20)25-11-5-4-6-19(25)22(26)28/h7-8,14,16,19H,4-6,9-13,15H2,1-3H3/t19-/m0/s1. The molecule has 4 rings (SSSR count). The van der Waals surface area contributed by atoms with Crippen LogP contribution in [0.1, 0.15) is 39.0 Å². The first kappa shape index (κ1) is 22.1. The van der Waals surface area contributed by atoms with E-state index in [-0.39, 0.29) is 29.3 Å². The van der Waals surface area contributed by atoms with Crippen molar-refractivity contribution in [1.29, 1.82) is 0 Å². The number of likely N-dealkylation sites (tertiary alicyclic amines) is 1. The number of hydrogen-bond donors (Lipinski definition) is 0. The van der Waals surface area contributed by atoms with Crippen LogP contribution in [0.15, 0.2) is 23.1 Å². The normalized spacial score (nSPS) is 22.5. The molecule has 9 heteroatoms. The van der Waals surface area contributed by atoms with Gasteiger partial charge in [-0.2, -0.15) is 0 Å². The molecule has 3 heterocycles. The summed E-state index contributed by atoms with van der Waals surface area (Å²) in [6, 6.07) is 4.66. The molecule has 170 valence electrons. The van der Waals surface area contributed by atoms with Crippen molar-refractivity contribution in [3.63, 3.8) is 0 Å². The van der Waals surface area contributed by atoms with E-state index in [1.54, 1.807) is 18.2 Å². The number of piperidine rings is 2. The van der Waals surface area contributed by atoms with E-state index in [1.165, 1.54) is 19.0 Å². The van der Waals surface area contributed by atoms with E-state index >= 15 is 0 Å². The second-order valence-electron chi connectivity index (χ2n) is 9.13. The van der Waals surface area contributed by atoms with Gasteiger partial charge in [-0.3, -0.25) is 14.5 Å². The zero-order valence-corrected chi connectivity index (χ0v) is 19.4. The average Bonchev–Trinajstić information content (AvgIpc) is 2.76. The summed E-state index contributed by atoms with van der Waals surface area (Å²) in [6.07, 6.45) is 4.66. The molecule has 0 N–H and O–H groups in total. The van der Waals surface area contributed by atoms with Gasteiger partial charge in [0.1, 0.15) is 12.6 Å². The number of carbonyl (C=O) groups is 2. The number of sulfonamides is 1. The third-order valence-corrected chi connectivity index (χ3v) is 8.62. The minimum atomic E-state index is -3.65. The number of benzene rings is 1. The molecule has 0 spiro atoms. The molecule has 1 aromatic carbocycles. The number of fused-ring (bicyclic) bond motifs is 3. The second-order valence-corrected chi connectivity index (χ2v) is 11.3. The van der Waals surface area contributed by atoms with Gasteiger partial charge in [-0.05, 0) is 56.2 Å². The molecular formula is C22H32N4O4S. The summed E-state index contributed by atoms with van der Waals surface area (Å²) in [5.74, 6) is 0.428. The summed E-state index contributed by atoms with van der Waals surface area (Å²) in [4.78, 5) is 32.1. The fourth-order valence-corrected chi connectivity index (χ4v) is 5.69. The molecule has 0 aliphatic carbocycles. The van der Waals surface area contributed by atoms with Gasteiger partial charge in [-0.25, -0.2) is 12.7 Å². The Bertz CT molecular complexity index is 970. The van der Waals surface area contributed by atoms with E-state index in [0.29, 0.717) is 24.7 Å². The van der Waals surface area contributed by atoms with E-state index in [9.17, 15) is 18.0 Å². The lowest BCUT2D eigenvalue weighted by Crippen LogP contribution is -2.57. The van der Waals surface area contributed by atoms with E-state index in [1.807, 2.05) is 4.90 Å². The van der Waals surface area contributed by atoms with Crippen LogP contribution in [0.25, 0.3) is 0 Å². The summed E-state index contributed by atoms with van der Waals surface area (Å²) < 4.78 is 26.6. The first-order valence-electron chi connectivity index (χ1n) is 11.1. The van der Waals surface area contributed by atoms with Crippen LogP contribution in [0.2, 0.25) is 0 Å². The van der Waals surface area contributed by atoms with Gasteiger partial charge in [0, 0.05) is 33.7 Å². The van der Waals surface area contributed by atoms with Gasteiger partial charge < -0.3 is 9.80 Å². The van der Waals surface area contributed by atoms with Crippen LogP contribution < -0.4 is 9.80 Å². The second kappa shape index (κ2) is 8.43. The van der Waals surface area contributed by atoms with Gasteiger partial charge in [-0.15, -0.1) is 0 Å². The Kier molecular flexibility index (Phi) is 6.00. The highest BCUT2D eigenvalue weighted by Crippen LogP contribution is 2.41.